The Labute approximate surface area is 165 Å². The third-order valence-electron chi connectivity index (χ3n) is 4.74. The summed E-state index contributed by atoms with van der Waals surface area (Å²) in [5, 5.41) is 2.16. The summed E-state index contributed by atoms with van der Waals surface area (Å²) >= 11 is 5.61. The SMILES string of the molecule is O=C(Nc1ccc(Cl)c(C(F)(F)F)c1)C1CCCN(Cc2ccc(F)cc2)C1. The van der Waals surface area contributed by atoms with Gasteiger partial charge in [0.1, 0.15) is 5.82 Å². The first-order chi connectivity index (χ1) is 13.2. The standard InChI is InChI=1S/C20H19ClF4N2O/c21-18-8-7-16(10-17(18)20(23,24)25)26-19(28)14-2-1-9-27(12-14)11-13-3-5-15(22)6-4-13/h3-8,10,14H,1-2,9,11-12H2,(H,26,28). The number of likely N-dealkylation sites (tertiary alicyclic amines) is 1. The quantitative estimate of drug-likeness (QED) is 0.684. The van der Waals surface area contributed by atoms with Crippen LogP contribution >= 0.6 is 11.6 Å². The van der Waals surface area contributed by atoms with Gasteiger partial charge in [-0.1, -0.05) is 23.7 Å². The lowest BCUT2D eigenvalue weighted by Gasteiger charge is -2.32. The van der Waals surface area contributed by atoms with Crippen molar-refractivity contribution in [2.24, 2.45) is 5.92 Å². The molecule has 0 saturated carbocycles. The van der Waals surface area contributed by atoms with Crippen molar-refractivity contribution in [3.63, 3.8) is 0 Å². The summed E-state index contributed by atoms with van der Waals surface area (Å²) in [4.78, 5) is 14.6. The van der Waals surface area contributed by atoms with Gasteiger partial charge in [0.05, 0.1) is 16.5 Å². The number of hydrogen-bond donors (Lipinski definition) is 1. The van der Waals surface area contributed by atoms with Crippen LogP contribution in [0.5, 0.6) is 0 Å². The first-order valence-electron chi connectivity index (χ1n) is 8.87. The second kappa shape index (κ2) is 8.49. The molecule has 0 spiro atoms. The number of carbonyl (C=O) groups is 1. The summed E-state index contributed by atoms with van der Waals surface area (Å²) in [7, 11) is 0. The van der Waals surface area contributed by atoms with E-state index in [4.69, 9.17) is 11.6 Å². The van der Waals surface area contributed by atoms with E-state index < -0.39 is 16.8 Å². The first-order valence-corrected chi connectivity index (χ1v) is 9.24. The average molecular weight is 415 g/mol. The smallest absolute Gasteiger partial charge is 0.326 e. The maximum Gasteiger partial charge on any atom is 0.417 e. The molecule has 1 unspecified atom stereocenters. The number of carbonyl (C=O) groups excluding carboxylic acids is 1. The van der Waals surface area contributed by atoms with Gasteiger partial charge in [-0.05, 0) is 55.3 Å². The number of nitrogens with one attached hydrogen (secondary N) is 1. The Balaban J connectivity index is 1.63. The minimum absolute atomic E-state index is 0.0670. The summed E-state index contributed by atoms with van der Waals surface area (Å²) < 4.78 is 52.0. The Hall–Kier alpha value is -2.12. The van der Waals surface area contributed by atoms with Crippen molar-refractivity contribution in [1.29, 1.82) is 0 Å². The van der Waals surface area contributed by atoms with Gasteiger partial charge in [-0.15, -0.1) is 0 Å². The van der Waals surface area contributed by atoms with E-state index in [-0.39, 0.29) is 23.3 Å². The zero-order chi connectivity index (χ0) is 20.3. The van der Waals surface area contributed by atoms with Gasteiger partial charge in [-0.25, -0.2) is 4.39 Å². The van der Waals surface area contributed by atoms with E-state index in [1.165, 1.54) is 18.2 Å². The lowest BCUT2D eigenvalue weighted by Crippen LogP contribution is -2.40. The Morgan fingerprint density at radius 3 is 2.57 bits per heavy atom. The van der Waals surface area contributed by atoms with E-state index >= 15 is 0 Å². The molecule has 1 heterocycles. The second-order valence-corrected chi connectivity index (χ2v) is 7.29. The highest BCUT2D eigenvalue weighted by atomic mass is 35.5. The number of benzene rings is 2. The number of rotatable bonds is 4. The highest BCUT2D eigenvalue weighted by Crippen LogP contribution is 2.36. The van der Waals surface area contributed by atoms with Crippen LogP contribution in [-0.2, 0) is 17.5 Å². The molecule has 0 radical (unpaired) electrons. The minimum atomic E-state index is -4.59. The fraction of sp³-hybridized carbons (Fsp3) is 0.350. The van der Waals surface area contributed by atoms with Crippen molar-refractivity contribution in [3.8, 4) is 0 Å². The third kappa shape index (κ3) is 5.23. The number of nitrogens with zero attached hydrogens (tertiary/aromatic N) is 1. The van der Waals surface area contributed by atoms with E-state index in [9.17, 15) is 22.4 Å². The van der Waals surface area contributed by atoms with Crippen LogP contribution in [0.25, 0.3) is 0 Å². The Kier molecular flexibility index (Phi) is 6.25. The third-order valence-corrected chi connectivity index (χ3v) is 5.06. The van der Waals surface area contributed by atoms with Crippen molar-refractivity contribution < 1.29 is 22.4 Å². The van der Waals surface area contributed by atoms with E-state index in [1.54, 1.807) is 12.1 Å². The predicted molar refractivity (Wildman–Crippen MR) is 99.5 cm³/mol. The van der Waals surface area contributed by atoms with Gasteiger partial charge < -0.3 is 5.32 Å². The molecule has 0 aromatic heterocycles. The predicted octanol–water partition coefficient (Wildman–Crippen LogP) is 5.35. The van der Waals surface area contributed by atoms with E-state index in [2.05, 4.69) is 10.2 Å². The van der Waals surface area contributed by atoms with Crippen molar-refractivity contribution in [2.75, 3.05) is 18.4 Å². The summed E-state index contributed by atoms with van der Waals surface area (Å²) in [6.45, 7) is 1.88. The van der Waals surface area contributed by atoms with Crippen LogP contribution in [0.1, 0.15) is 24.0 Å². The number of hydrogen-bond acceptors (Lipinski definition) is 2. The zero-order valence-electron chi connectivity index (χ0n) is 14.9. The number of anilines is 1. The van der Waals surface area contributed by atoms with Crippen LogP contribution < -0.4 is 5.32 Å². The fourth-order valence-corrected chi connectivity index (χ4v) is 3.55. The highest BCUT2D eigenvalue weighted by Gasteiger charge is 2.34. The van der Waals surface area contributed by atoms with Gasteiger partial charge >= 0.3 is 6.18 Å². The molecule has 0 aliphatic carbocycles. The molecule has 1 aliphatic heterocycles. The van der Waals surface area contributed by atoms with Crippen LogP contribution in [0.4, 0.5) is 23.2 Å². The monoisotopic (exact) mass is 414 g/mol. The molecule has 28 heavy (non-hydrogen) atoms. The van der Waals surface area contributed by atoms with Gasteiger partial charge in [0.15, 0.2) is 0 Å². The van der Waals surface area contributed by atoms with Crippen molar-refractivity contribution >= 4 is 23.2 Å². The molecule has 1 amide bonds. The van der Waals surface area contributed by atoms with E-state index in [0.29, 0.717) is 19.5 Å². The molecular weight excluding hydrogens is 396 g/mol. The van der Waals surface area contributed by atoms with Gasteiger partial charge in [0, 0.05) is 18.8 Å². The molecule has 0 bridgehead atoms. The normalized spacial score (nSPS) is 18.1. The molecule has 3 nitrogen and oxygen atoms in total. The summed E-state index contributed by atoms with van der Waals surface area (Å²) in [6.07, 6.45) is -3.13. The van der Waals surface area contributed by atoms with Crippen molar-refractivity contribution in [1.82, 2.24) is 4.90 Å². The highest BCUT2D eigenvalue weighted by molar-refractivity contribution is 6.31. The lowest BCUT2D eigenvalue weighted by atomic mass is 9.96. The Morgan fingerprint density at radius 2 is 1.89 bits per heavy atom. The number of halogens is 5. The minimum Gasteiger partial charge on any atom is -0.326 e. The maximum atomic E-state index is 13.0. The zero-order valence-corrected chi connectivity index (χ0v) is 15.7. The molecule has 150 valence electrons. The molecule has 2 aromatic carbocycles. The number of amides is 1. The molecular formula is C20H19ClF4N2O. The topological polar surface area (TPSA) is 32.3 Å². The van der Waals surface area contributed by atoms with Crippen LogP contribution in [0.15, 0.2) is 42.5 Å². The van der Waals surface area contributed by atoms with Crippen LogP contribution in [-0.4, -0.2) is 23.9 Å². The Morgan fingerprint density at radius 1 is 1.18 bits per heavy atom. The maximum absolute atomic E-state index is 13.0. The van der Waals surface area contributed by atoms with Crippen molar-refractivity contribution in [3.05, 3.63) is 64.4 Å². The van der Waals surface area contributed by atoms with Gasteiger partial charge in [0.2, 0.25) is 5.91 Å². The number of piperidine rings is 1. The molecule has 1 aliphatic rings. The van der Waals surface area contributed by atoms with E-state index in [1.807, 2.05) is 0 Å². The first kappa shape index (κ1) is 20.6. The van der Waals surface area contributed by atoms with Crippen LogP contribution in [0.3, 0.4) is 0 Å². The molecule has 1 atom stereocenters. The molecule has 1 saturated heterocycles. The van der Waals surface area contributed by atoms with Gasteiger partial charge in [-0.2, -0.15) is 13.2 Å². The molecule has 1 fully saturated rings. The summed E-state index contributed by atoms with van der Waals surface area (Å²) in [6, 6.07) is 9.51. The van der Waals surface area contributed by atoms with Crippen LogP contribution in [0, 0.1) is 11.7 Å². The molecule has 2 aromatic rings. The summed E-state index contributed by atoms with van der Waals surface area (Å²) in [5.74, 6) is -0.959. The van der Waals surface area contributed by atoms with Crippen molar-refractivity contribution in [2.45, 2.75) is 25.6 Å². The number of alkyl halides is 3. The largest absolute Gasteiger partial charge is 0.417 e. The molecule has 8 heteroatoms. The Bertz CT molecular complexity index is 839. The molecule has 1 N–H and O–H groups in total. The van der Waals surface area contributed by atoms with Crippen LogP contribution in [0.2, 0.25) is 5.02 Å². The van der Waals surface area contributed by atoms with Gasteiger partial charge in [0.25, 0.3) is 0 Å². The summed E-state index contributed by atoms with van der Waals surface area (Å²) in [5.41, 5.74) is 0.0286. The second-order valence-electron chi connectivity index (χ2n) is 6.88. The van der Waals surface area contributed by atoms with Gasteiger partial charge in [-0.3, -0.25) is 9.69 Å². The van der Waals surface area contributed by atoms with E-state index in [0.717, 1.165) is 30.7 Å². The molecule has 3 rings (SSSR count). The average Bonchev–Trinajstić information content (AvgIpc) is 2.64. The fourth-order valence-electron chi connectivity index (χ4n) is 3.33. The lowest BCUT2D eigenvalue weighted by molar-refractivity contribution is -0.137.